The molecule has 0 aliphatic carbocycles. The van der Waals surface area contributed by atoms with Crippen LogP contribution in [0.5, 0.6) is 0 Å². The summed E-state index contributed by atoms with van der Waals surface area (Å²) >= 11 is 0. The van der Waals surface area contributed by atoms with E-state index in [1.54, 1.807) is 0 Å². The predicted molar refractivity (Wildman–Crippen MR) is 84.0 cm³/mol. The van der Waals surface area contributed by atoms with Crippen molar-refractivity contribution in [3.05, 3.63) is 17.5 Å². The summed E-state index contributed by atoms with van der Waals surface area (Å²) in [5, 5.41) is 3.41. The lowest BCUT2D eigenvalue weighted by Gasteiger charge is -2.37. The zero-order chi connectivity index (χ0) is 14.6. The number of rotatable bonds is 5. The lowest BCUT2D eigenvalue weighted by atomic mass is 9.83. The van der Waals surface area contributed by atoms with Crippen LogP contribution in [0.2, 0.25) is 0 Å². The Balaban J connectivity index is 1.98. The molecule has 2 heterocycles. The molecule has 4 heteroatoms. The van der Waals surface area contributed by atoms with Crippen LogP contribution in [0, 0.1) is 12.3 Å². The van der Waals surface area contributed by atoms with Gasteiger partial charge in [-0.3, -0.25) is 0 Å². The molecular formula is C16H28N4. The van der Waals surface area contributed by atoms with Gasteiger partial charge in [0, 0.05) is 37.1 Å². The van der Waals surface area contributed by atoms with Crippen molar-refractivity contribution < 1.29 is 0 Å². The van der Waals surface area contributed by atoms with Gasteiger partial charge < -0.3 is 10.2 Å². The van der Waals surface area contributed by atoms with Crippen molar-refractivity contribution in [2.75, 3.05) is 24.5 Å². The maximum absolute atomic E-state index is 4.70. The Morgan fingerprint density at radius 1 is 1.30 bits per heavy atom. The van der Waals surface area contributed by atoms with Crippen LogP contribution in [0.1, 0.15) is 51.3 Å². The van der Waals surface area contributed by atoms with Crippen LogP contribution in [-0.2, 0) is 6.54 Å². The van der Waals surface area contributed by atoms with E-state index in [1.807, 2.05) is 6.20 Å². The third-order valence-corrected chi connectivity index (χ3v) is 4.21. The zero-order valence-electron chi connectivity index (χ0n) is 13.4. The second-order valence-electron chi connectivity index (χ2n) is 6.61. The molecule has 1 saturated heterocycles. The molecule has 0 aromatic carbocycles. The summed E-state index contributed by atoms with van der Waals surface area (Å²) in [5.74, 6) is 0.900. The number of aromatic nitrogens is 2. The molecule has 1 aromatic heterocycles. The average molecular weight is 276 g/mol. The fourth-order valence-electron chi connectivity index (χ4n) is 2.52. The first kappa shape index (κ1) is 15.2. The van der Waals surface area contributed by atoms with E-state index in [0.717, 1.165) is 44.2 Å². The van der Waals surface area contributed by atoms with Gasteiger partial charge in [0.25, 0.3) is 0 Å². The molecule has 1 aliphatic heterocycles. The highest BCUT2D eigenvalue weighted by Gasteiger charge is 2.26. The fraction of sp³-hybridized carbons (Fsp3) is 0.750. The van der Waals surface area contributed by atoms with Crippen LogP contribution < -0.4 is 10.2 Å². The van der Waals surface area contributed by atoms with Crippen molar-refractivity contribution in [1.82, 2.24) is 15.3 Å². The van der Waals surface area contributed by atoms with E-state index in [-0.39, 0.29) is 0 Å². The van der Waals surface area contributed by atoms with Gasteiger partial charge in [-0.25, -0.2) is 9.97 Å². The quantitative estimate of drug-likeness (QED) is 0.840. The third kappa shape index (κ3) is 3.92. The molecule has 0 atom stereocenters. The van der Waals surface area contributed by atoms with Gasteiger partial charge in [0.15, 0.2) is 0 Å². The SMILES string of the molecule is CCCNCc1cnc(N2CCC(C)(C)CC2)nc1C. The van der Waals surface area contributed by atoms with Crippen LogP contribution in [0.25, 0.3) is 0 Å². The van der Waals surface area contributed by atoms with Crippen LogP contribution in [-0.4, -0.2) is 29.6 Å². The molecule has 112 valence electrons. The molecule has 1 aromatic rings. The van der Waals surface area contributed by atoms with Gasteiger partial charge in [-0.15, -0.1) is 0 Å². The third-order valence-electron chi connectivity index (χ3n) is 4.21. The summed E-state index contributed by atoms with van der Waals surface area (Å²) in [5.41, 5.74) is 2.78. The number of anilines is 1. The van der Waals surface area contributed by atoms with Crippen LogP contribution >= 0.6 is 0 Å². The monoisotopic (exact) mass is 276 g/mol. The predicted octanol–water partition coefficient (Wildman–Crippen LogP) is 2.91. The van der Waals surface area contributed by atoms with Crippen LogP contribution in [0.15, 0.2) is 6.20 Å². The maximum Gasteiger partial charge on any atom is 0.225 e. The van der Waals surface area contributed by atoms with Gasteiger partial charge in [-0.1, -0.05) is 20.8 Å². The van der Waals surface area contributed by atoms with Gasteiger partial charge in [0.05, 0.1) is 0 Å². The van der Waals surface area contributed by atoms with E-state index in [2.05, 4.69) is 42.9 Å². The number of nitrogens with one attached hydrogen (secondary N) is 1. The summed E-state index contributed by atoms with van der Waals surface area (Å²) in [6.07, 6.45) is 5.58. The van der Waals surface area contributed by atoms with Crippen molar-refractivity contribution in [3.8, 4) is 0 Å². The van der Waals surface area contributed by atoms with E-state index in [4.69, 9.17) is 4.98 Å². The fourth-order valence-corrected chi connectivity index (χ4v) is 2.52. The Kier molecular flexibility index (Phi) is 4.97. The Bertz CT molecular complexity index is 432. The van der Waals surface area contributed by atoms with Crippen molar-refractivity contribution >= 4 is 5.95 Å². The molecule has 4 nitrogen and oxygen atoms in total. The molecule has 0 bridgehead atoms. The van der Waals surface area contributed by atoms with Crippen LogP contribution in [0.4, 0.5) is 5.95 Å². The van der Waals surface area contributed by atoms with Crippen molar-refractivity contribution in [2.45, 2.75) is 53.5 Å². The molecule has 0 radical (unpaired) electrons. The maximum atomic E-state index is 4.70. The Hall–Kier alpha value is -1.16. The van der Waals surface area contributed by atoms with Gasteiger partial charge in [0.2, 0.25) is 5.95 Å². The summed E-state index contributed by atoms with van der Waals surface area (Å²) in [6.45, 7) is 13.0. The summed E-state index contributed by atoms with van der Waals surface area (Å²) in [7, 11) is 0. The zero-order valence-corrected chi connectivity index (χ0v) is 13.4. The van der Waals surface area contributed by atoms with Crippen molar-refractivity contribution in [2.24, 2.45) is 5.41 Å². The summed E-state index contributed by atoms with van der Waals surface area (Å²) in [6, 6.07) is 0. The highest BCUT2D eigenvalue weighted by atomic mass is 15.3. The van der Waals surface area contributed by atoms with Gasteiger partial charge in [0.1, 0.15) is 0 Å². The normalized spacial score (nSPS) is 18.3. The second kappa shape index (κ2) is 6.53. The van der Waals surface area contributed by atoms with Crippen molar-refractivity contribution in [1.29, 1.82) is 0 Å². The van der Waals surface area contributed by atoms with E-state index in [9.17, 15) is 0 Å². The first-order valence-corrected chi connectivity index (χ1v) is 7.80. The highest BCUT2D eigenvalue weighted by molar-refractivity contribution is 5.33. The molecule has 0 amide bonds. The minimum Gasteiger partial charge on any atom is -0.341 e. The standard InChI is InChI=1S/C16H28N4/c1-5-8-17-11-14-12-18-15(19-13(14)2)20-9-6-16(3,4)7-10-20/h12,17H,5-11H2,1-4H3. The largest absolute Gasteiger partial charge is 0.341 e. The number of aryl methyl sites for hydroxylation is 1. The van der Waals surface area contributed by atoms with Crippen molar-refractivity contribution in [3.63, 3.8) is 0 Å². The molecule has 0 saturated carbocycles. The summed E-state index contributed by atoms with van der Waals surface area (Å²) in [4.78, 5) is 11.6. The summed E-state index contributed by atoms with van der Waals surface area (Å²) < 4.78 is 0. The molecule has 1 fully saturated rings. The highest BCUT2D eigenvalue weighted by Crippen LogP contribution is 2.31. The molecule has 2 rings (SSSR count). The minimum atomic E-state index is 0.468. The first-order valence-electron chi connectivity index (χ1n) is 7.80. The first-order chi connectivity index (χ1) is 9.52. The molecule has 0 unspecified atom stereocenters. The van der Waals surface area contributed by atoms with E-state index in [0.29, 0.717) is 5.41 Å². The lowest BCUT2D eigenvalue weighted by Crippen LogP contribution is -2.38. The van der Waals surface area contributed by atoms with E-state index >= 15 is 0 Å². The molecule has 1 N–H and O–H groups in total. The number of hydrogen-bond donors (Lipinski definition) is 1. The number of hydrogen-bond acceptors (Lipinski definition) is 4. The second-order valence-corrected chi connectivity index (χ2v) is 6.61. The van der Waals surface area contributed by atoms with Gasteiger partial charge >= 0.3 is 0 Å². The molecule has 20 heavy (non-hydrogen) atoms. The molecule has 0 spiro atoms. The Morgan fingerprint density at radius 3 is 2.60 bits per heavy atom. The Morgan fingerprint density at radius 2 is 2.00 bits per heavy atom. The van der Waals surface area contributed by atoms with E-state index < -0.39 is 0 Å². The Labute approximate surface area is 123 Å². The number of piperidine rings is 1. The topological polar surface area (TPSA) is 41.1 Å². The van der Waals surface area contributed by atoms with E-state index in [1.165, 1.54) is 18.4 Å². The number of nitrogens with zero attached hydrogens (tertiary/aromatic N) is 3. The molecular weight excluding hydrogens is 248 g/mol. The van der Waals surface area contributed by atoms with Gasteiger partial charge in [-0.05, 0) is 38.1 Å². The average Bonchev–Trinajstić information content (AvgIpc) is 2.41. The minimum absolute atomic E-state index is 0.468. The van der Waals surface area contributed by atoms with Gasteiger partial charge in [-0.2, -0.15) is 0 Å². The van der Waals surface area contributed by atoms with Crippen LogP contribution in [0.3, 0.4) is 0 Å². The molecule has 1 aliphatic rings. The lowest BCUT2D eigenvalue weighted by molar-refractivity contribution is 0.278. The smallest absolute Gasteiger partial charge is 0.225 e.